The van der Waals surface area contributed by atoms with Crippen molar-refractivity contribution in [3.63, 3.8) is 0 Å². The van der Waals surface area contributed by atoms with E-state index in [9.17, 15) is 0 Å². The first-order valence-corrected chi connectivity index (χ1v) is 6.08. The molecule has 0 amide bonds. The summed E-state index contributed by atoms with van der Waals surface area (Å²) < 4.78 is 5.50. The Balaban J connectivity index is 3.44. The summed E-state index contributed by atoms with van der Waals surface area (Å²) >= 11 is 3.49. The van der Waals surface area contributed by atoms with E-state index in [1.807, 2.05) is 6.08 Å². The number of unbranched alkanes of at least 4 members (excludes halogenated alkanes) is 1. The lowest BCUT2D eigenvalue weighted by Gasteiger charge is -2.22. The minimum absolute atomic E-state index is 0.187. The average Bonchev–Trinajstić information content (AvgIpc) is 2.17. The molecule has 0 N–H and O–H groups in total. The SMILES string of the molecule is C=CC(C)(CBr)CCOCCCC. The van der Waals surface area contributed by atoms with Crippen molar-refractivity contribution in [2.75, 3.05) is 18.5 Å². The van der Waals surface area contributed by atoms with Crippen LogP contribution in [-0.4, -0.2) is 18.5 Å². The third-order valence-corrected chi connectivity index (χ3v) is 3.54. The second-order valence-electron chi connectivity index (χ2n) is 3.71. The van der Waals surface area contributed by atoms with Gasteiger partial charge in [-0.1, -0.05) is 42.3 Å². The fourth-order valence-corrected chi connectivity index (χ4v) is 1.39. The summed E-state index contributed by atoms with van der Waals surface area (Å²) in [5.41, 5.74) is 0.187. The Bertz CT molecular complexity index is 136. The molecule has 0 aromatic heterocycles. The maximum absolute atomic E-state index is 5.50. The highest BCUT2D eigenvalue weighted by molar-refractivity contribution is 9.09. The van der Waals surface area contributed by atoms with E-state index in [1.165, 1.54) is 12.8 Å². The van der Waals surface area contributed by atoms with Crippen molar-refractivity contribution in [2.45, 2.75) is 33.1 Å². The highest BCUT2D eigenvalue weighted by atomic mass is 79.9. The smallest absolute Gasteiger partial charge is 0.0474 e. The highest BCUT2D eigenvalue weighted by Crippen LogP contribution is 2.24. The first kappa shape index (κ1) is 13.2. The van der Waals surface area contributed by atoms with Crippen molar-refractivity contribution >= 4 is 15.9 Å². The van der Waals surface area contributed by atoms with Crippen molar-refractivity contribution in [1.82, 2.24) is 0 Å². The van der Waals surface area contributed by atoms with Gasteiger partial charge in [0.05, 0.1) is 0 Å². The number of alkyl halides is 1. The second-order valence-corrected chi connectivity index (χ2v) is 4.27. The monoisotopic (exact) mass is 248 g/mol. The molecule has 0 saturated heterocycles. The quantitative estimate of drug-likeness (QED) is 0.361. The zero-order valence-electron chi connectivity index (χ0n) is 8.81. The summed E-state index contributed by atoms with van der Waals surface area (Å²) in [6, 6.07) is 0. The molecule has 2 heteroatoms. The van der Waals surface area contributed by atoms with Crippen LogP contribution in [0.15, 0.2) is 12.7 Å². The Kier molecular flexibility index (Phi) is 7.68. The van der Waals surface area contributed by atoms with Crippen LogP contribution < -0.4 is 0 Å². The standard InChI is InChI=1S/C11H21BrO/c1-4-6-8-13-9-7-11(3,5-2)10-12/h5H,2,4,6-10H2,1,3H3. The number of hydrogen-bond acceptors (Lipinski definition) is 1. The Morgan fingerprint density at radius 1 is 1.46 bits per heavy atom. The molecule has 0 heterocycles. The third-order valence-electron chi connectivity index (χ3n) is 2.26. The molecule has 0 fully saturated rings. The molecule has 0 radical (unpaired) electrons. The van der Waals surface area contributed by atoms with E-state index in [4.69, 9.17) is 4.74 Å². The second kappa shape index (κ2) is 7.57. The molecular formula is C11H21BrO. The molecular weight excluding hydrogens is 228 g/mol. The van der Waals surface area contributed by atoms with Crippen LogP contribution in [0.5, 0.6) is 0 Å². The minimum Gasteiger partial charge on any atom is -0.381 e. The number of allylic oxidation sites excluding steroid dienone is 1. The number of ether oxygens (including phenoxy) is 1. The Hall–Kier alpha value is 0.180. The molecule has 0 bridgehead atoms. The van der Waals surface area contributed by atoms with Gasteiger partial charge in [-0.05, 0) is 18.3 Å². The van der Waals surface area contributed by atoms with Crippen LogP contribution in [0.2, 0.25) is 0 Å². The van der Waals surface area contributed by atoms with Gasteiger partial charge in [0.25, 0.3) is 0 Å². The van der Waals surface area contributed by atoms with Crippen molar-refractivity contribution < 1.29 is 4.74 Å². The van der Waals surface area contributed by atoms with Crippen LogP contribution in [0.25, 0.3) is 0 Å². The Labute approximate surface area is 90.7 Å². The zero-order valence-corrected chi connectivity index (χ0v) is 10.4. The fourth-order valence-electron chi connectivity index (χ4n) is 0.877. The fraction of sp³-hybridized carbons (Fsp3) is 0.818. The average molecular weight is 249 g/mol. The van der Waals surface area contributed by atoms with E-state index in [1.54, 1.807) is 0 Å². The molecule has 0 saturated carbocycles. The van der Waals surface area contributed by atoms with Gasteiger partial charge in [-0.25, -0.2) is 0 Å². The lowest BCUT2D eigenvalue weighted by Crippen LogP contribution is -2.17. The zero-order chi connectivity index (χ0) is 10.2. The molecule has 0 spiro atoms. The van der Waals surface area contributed by atoms with Gasteiger partial charge in [-0.3, -0.25) is 0 Å². The molecule has 1 unspecified atom stereocenters. The van der Waals surface area contributed by atoms with Gasteiger partial charge in [0, 0.05) is 18.5 Å². The molecule has 0 aliphatic heterocycles. The molecule has 0 rings (SSSR count). The van der Waals surface area contributed by atoms with E-state index in [2.05, 4.69) is 36.4 Å². The molecule has 13 heavy (non-hydrogen) atoms. The van der Waals surface area contributed by atoms with E-state index in [0.29, 0.717) is 0 Å². The minimum atomic E-state index is 0.187. The molecule has 0 aromatic rings. The van der Waals surface area contributed by atoms with Crippen molar-refractivity contribution in [2.24, 2.45) is 5.41 Å². The number of halogens is 1. The third kappa shape index (κ3) is 6.28. The largest absolute Gasteiger partial charge is 0.381 e. The normalized spacial score (nSPS) is 15.3. The summed E-state index contributed by atoms with van der Waals surface area (Å²) in [6.07, 6.45) is 5.42. The van der Waals surface area contributed by atoms with Crippen LogP contribution in [0.1, 0.15) is 33.1 Å². The predicted molar refractivity (Wildman–Crippen MR) is 62.4 cm³/mol. The molecule has 0 aliphatic rings. The molecule has 0 aliphatic carbocycles. The van der Waals surface area contributed by atoms with E-state index >= 15 is 0 Å². The van der Waals surface area contributed by atoms with Gasteiger partial charge >= 0.3 is 0 Å². The molecule has 1 nitrogen and oxygen atoms in total. The van der Waals surface area contributed by atoms with Gasteiger partial charge in [-0.15, -0.1) is 6.58 Å². The maximum Gasteiger partial charge on any atom is 0.0474 e. The summed E-state index contributed by atoms with van der Waals surface area (Å²) in [6.45, 7) is 9.94. The van der Waals surface area contributed by atoms with Crippen molar-refractivity contribution in [3.8, 4) is 0 Å². The maximum atomic E-state index is 5.50. The van der Waals surface area contributed by atoms with Crippen LogP contribution >= 0.6 is 15.9 Å². The van der Waals surface area contributed by atoms with Gasteiger partial charge < -0.3 is 4.74 Å². The Morgan fingerprint density at radius 2 is 2.15 bits per heavy atom. The van der Waals surface area contributed by atoms with Gasteiger partial charge in [0.15, 0.2) is 0 Å². The predicted octanol–water partition coefficient (Wildman–Crippen LogP) is 3.78. The van der Waals surface area contributed by atoms with E-state index < -0.39 is 0 Å². The highest BCUT2D eigenvalue weighted by Gasteiger charge is 2.17. The van der Waals surface area contributed by atoms with Gasteiger partial charge in [0.2, 0.25) is 0 Å². The Morgan fingerprint density at radius 3 is 2.62 bits per heavy atom. The molecule has 1 atom stereocenters. The number of rotatable bonds is 8. The van der Waals surface area contributed by atoms with Crippen molar-refractivity contribution in [3.05, 3.63) is 12.7 Å². The summed E-state index contributed by atoms with van der Waals surface area (Å²) in [7, 11) is 0. The van der Waals surface area contributed by atoms with Crippen molar-refractivity contribution in [1.29, 1.82) is 0 Å². The number of hydrogen-bond donors (Lipinski definition) is 0. The first-order chi connectivity index (χ1) is 6.18. The van der Waals surface area contributed by atoms with Crippen LogP contribution in [-0.2, 0) is 4.74 Å². The molecule has 78 valence electrons. The topological polar surface area (TPSA) is 9.23 Å². The van der Waals surface area contributed by atoms with Gasteiger partial charge in [-0.2, -0.15) is 0 Å². The first-order valence-electron chi connectivity index (χ1n) is 4.96. The van der Waals surface area contributed by atoms with Gasteiger partial charge in [0.1, 0.15) is 0 Å². The van der Waals surface area contributed by atoms with E-state index in [-0.39, 0.29) is 5.41 Å². The van der Waals surface area contributed by atoms with Crippen LogP contribution in [0.3, 0.4) is 0 Å². The summed E-state index contributed by atoms with van der Waals surface area (Å²) in [5, 5.41) is 0.959. The summed E-state index contributed by atoms with van der Waals surface area (Å²) in [5.74, 6) is 0. The molecule has 0 aromatic carbocycles. The van der Waals surface area contributed by atoms with Crippen LogP contribution in [0.4, 0.5) is 0 Å². The lowest BCUT2D eigenvalue weighted by atomic mass is 9.90. The van der Waals surface area contributed by atoms with E-state index in [0.717, 1.165) is 25.0 Å². The lowest BCUT2D eigenvalue weighted by molar-refractivity contribution is 0.112. The summed E-state index contributed by atoms with van der Waals surface area (Å²) in [4.78, 5) is 0. The van der Waals surface area contributed by atoms with Crippen LogP contribution in [0, 0.1) is 5.41 Å².